The summed E-state index contributed by atoms with van der Waals surface area (Å²) >= 11 is 1.63. The van der Waals surface area contributed by atoms with Gasteiger partial charge in [0.25, 0.3) is 0 Å². The molecule has 2 N–H and O–H groups in total. The number of carboxylic acid groups (broad SMARTS) is 1. The summed E-state index contributed by atoms with van der Waals surface area (Å²) in [5, 5.41) is 13.6. The van der Waals surface area contributed by atoms with Gasteiger partial charge in [0, 0.05) is 10.9 Å². The van der Waals surface area contributed by atoms with Crippen molar-refractivity contribution >= 4 is 17.3 Å². The zero-order valence-electron chi connectivity index (χ0n) is 7.65. The van der Waals surface area contributed by atoms with Crippen LogP contribution in [-0.4, -0.2) is 17.1 Å². The maximum Gasteiger partial charge on any atom is 0.320 e. The number of carboxylic acids is 1. The van der Waals surface area contributed by atoms with Crippen LogP contribution >= 0.6 is 11.3 Å². The number of hydrogen-bond acceptors (Lipinski definition) is 3. The van der Waals surface area contributed by atoms with Crippen molar-refractivity contribution in [2.45, 2.75) is 25.9 Å². The van der Waals surface area contributed by atoms with Gasteiger partial charge in [-0.15, -0.1) is 11.3 Å². The van der Waals surface area contributed by atoms with Crippen LogP contribution in [0, 0.1) is 0 Å². The lowest BCUT2D eigenvalue weighted by molar-refractivity contribution is -0.139. The lowest BCUT2D eigenvalue weighted by atomic mass is 10.2. The molecule has 0 saturated heterocycles. The highest BCUT2D eigenvalue weighted by molar-refractivity contribution is 7.10. The van der Waals surface area contributed by atoms with Gasteiger partial charge in [-0.1, -0.05) is 6.07 Å². The van der Waals surface area contributed by atoms with Gasteiger partial charge in [0.15, 0.2) is 0 Å². The molecule has 0 radical (unpaired) electrons. The fourth-order valence-corrected chi connectivity index (χ4v) is 1.81. The molecule has 2 atom stereocenters. The second kappa shape index (κ2) is 4.39. The van der Waals surface area contributed by atoms with E-state index in [1.807, 2.05) is 24.4 Å². The van der Waals surface area contributed by atoms with Crippen LogP contribution in [-0.2, 0) is 4.79 Å². The Labute approximate surface area is 81.4 Å². The maximum atomic E-state index is 10.5. The largest absolute Gasteiger partial charge is 0.480 e. The zero-order valence-corrected chi connectivity index (χ0v) is 8.47. The Bertz CT molecular complexity index is 271. The van der Waals surface area contributed by atoms with E-state index >= 15 is 0 Å². The minimum atomic E-state index is -0.816. The lowest BCUT2D eigenvalue weighted by Gasteiger charge is -2.15. The van der Waals surface area contributed by atoms with E-state index in [0.717, 1.165) is 4.88 Å². The van der Waals surface area contributed by atoms with Crippen LogP contribution in [0.5, 0.6) is 0 Å². The summed E-state index contributed by atoms with van der Waals surface area (Å²) < 4.78 is 0. The van der Waals surface area contributed by atoms with Gasteiger partial charge >= 0.3 is 5.97 Å². The second-order valence-electron chi connectivity index (χ2n) is 2.96. The number of aliphatic carboxylic acids is 1. The third-order valence-corrected chi connectivity index (χ3v) is 2.90. The minimum absolute atomic E-state index is 0.103. The quantitative estimate of drug-likeness (QED) is 0.778. The highest BCUT2D eigenvalue weighted by Crippen LogP contribution is 2.18. The van der Waals surface area contributed by atoms with Crippen molar-refractivity contribution in [2.75, 3.05) is 0 Å². The highest BCUT2D eigenvalue weighted by Gasteiger charge is 2.14. The predicted octanol–water partition coefficient (Wildman–Crippen LogP) is 1.87. The summed E-state index contributed by atoms with van der Waals surface area (Å²) in [4.78, 5) is 11.7. The topological polar surface area (TPSA) is 49.3 Å². The Kier molecular flexibility index (Phi) is 3.45. The number of thiophene rings is 1. The summed E-state index contributed by atoms with van der Waals surface area (Å²) in [5.41, 5.74) is 0. The Morgan fingerprint density at radius 2 is 2.31 bits per heavy atom. The van der Waals surface area contributed by atoms with Gasteiger partial charge < -0.3 is 5.11 Å². The number of hydrogen-bond donors (Lipinski definition) is 2. The van der Waals surface area contributed by atoms with Crippen molar-refractivity contribution in [3.8, 4) is 0 Å². The van der Waals surface area contributed by atoms with Crippen molar-refractivity contribution in [3.63, 3.8) is 0 Å². The first kappa shape index (κ1) is 10.2. The summed E-state index contributed by atoms with van der Waals surface area (Å²) in [7, 11) is 0. The Morgan fingerprint density at radius 1 is 1.62 bits per heavy atom. The van der Waals surface area contributed by atoms with E-state index in [1.54, 1.807) is 18.3 Å². The van der Waals surface area contributed by atoms with Crippen molar-refractivity contribution < 1.29 is 9.90 Å². The molecule has 0 amide bonds. The standard InChI is InChI=1S/C9H13NO2S/c1-6(8-4-3-5-13-8)10-7(2)9(11)12/h3-7,10H,1-2H3,(H,11,12)/t6-,7?/m0/s1. The average molecular weight is 199 g/mol. The highest BCUT2D eigenvalue weighted by atomic mass is 32.1. The van der Waals surface area contributed by atoms with Crippen molar-refractivity contribution in [1.29, 1.82) is 0 Å². The Morgan fingerprint density at radius 3 is 2.77 bits per heavy atom. The van der Waals surface area contributed by atoms with Crippen LogP contribution in [0.4, 0.5) is 0 Å². The van der Waals surface area contributed by atoms with E-state index in [9.17, 15) is 4.79 Å². The Hall–Kier alpha value is -0.870. The van der Waals surface area contributed by atoms with Crippen LogP contribution in [0.2, 0.25) is 0 Å². The molecule has 0 fully saturated rings. The minimum Gasteiger partial charge on any atom is -0.480 e. The van der Waals surface area contributed by atoms with Crippen LogP contribution in [0.1, 0.15) is 24.8 Å². The van der Waals surface area contributed by atoms with Crippen molar-refractivity contribution in [1.82, 2.24) is 5.32 Å². The fourth-order valence-electron chi connectivity index (χ4n) is 1.07. The van der Waals surface area contributed by atoms with Gasteiger partial charge in [-0.2, -0.15) is 0 Å². The molecule has 0 aromatic carbocycles. The molecule has 1 aromatic heterocycles. The van der Waals surface area contributed by atoms with E-state index < -0.39 is 12.0 Å². The van der Waals surface area contributed by atoms with Gasteiger partial charge in [-0.25, -0.2) is 0 Å². The number of nitrogens with one attached hydrogen (secondary N) is 1. The molecule has 0 bridgehead atoms. The molecule has 1 rings (SSSR count). The average Bonchev–Trinajstić information content (AvgIpc) is 2.55. The molecule has 0 aliphatic heterocycles. The second-order valence-corrected chi connectivity index (χ2v) is 3.94. The van der Waals surface area contributed by atoms with E-state index in [2.05, 4.69) is 5.32 Å². The van der Waals surface area contributed by atoms with Gasteiger partial charge in [0.1, 0.15) is 6.04 Å². The molecule has 0 spiro atoms. The van der Waals surface area contributed by atoms with Crippen LogP contribution in [0.15, 0.2) is 17.5 Å². The maximum absolute atomic E-state index is 10.5. The molecular formula is C9H13NO2S. The third kappa shape index (κ3) is 2.82. The molecule has 4 heteroatoms. The number of carbonyl (C=O) groups is 1. The van der Waals surface area contributed by atoms with Gasteiger partial charge in [-0.05, 0) is 25.3 Å². The molecule has 0 saturated carbocycles. The molecule has 0 aliphatic carbocycles. The summed E-state index contributed by atoms with van der Waals surface area (Å²) in [6.45, 7) is 3.61. The van der Waals surface area contributed by atoms with E-state index in [4.69, 9.17) is 5.11 Å². The summed E-state index contributed by atoms with van der Waals surface area (Å²) in [6.07, 6.45) is 0. The van der Waals surface area contributed by atoms with E-state index in [1.165, 1.54) is 0 Å². The van der Waals surface area contributed by atoms with Crippen molar-refractivity contribution in [3.05, 3.63) is 22.4 Å². The van der Waals surface area contributed by atoms with Gasteiger partial charge in [0.2, 0.25) is 0 Å². The zero-order chi connectivity index (χ0) is 9.84. The smallest absolute Gasteiger partial charge is 0.320 e. The van der Waals surface area contributed by atoms with Crippen LogP contribution in [0.25, 0.3) is 0 Å². The fraction of sp³-hybridized carbons (Fsp3) is 0.444. The predicted molar refractivity (Wildman–Crippen MR) is 53.0 cm³/mol. The van der Waals surface area contributed by atoms with Crippen molar-refractivity contribution in [2.24, 2.45) is 0 Å². The lowest BCUT2D eigenvalue weighted by Crippen LogP contribution is -2.35. The SMILES string of the molecule is CC(N[C@@H](C)c1cccs1)C(=O)O. The Balaban J connectivity index is 2.51. The molecular weight excluding hydrogens is 186 g/mol. The molecule has 13 heavy (non-hydrogen) atoms. The number of rotatable bonds is 4. The summed E-state index contributed by atoms with van der Waals surface area (Å²) in [6, 6.07) is 3.56. The molecule has 3 nitrogen and oxygen atoms in total. The molecule has 0 aliphatic rings. The van der Waals surface area contributed by atoms with Crippen LogP contribution in [0.3, 0.4) is 0 Å². The monoisotopic (exact) mass is 199 g/mol. The van der Waals surface area contributed by atoms with Gasteiger partial charge in [0.05, 0.1) is 0 Å². The normalized spacial score (nSPS) is 15.2. The first-order chi connectivity index (χ1) is 6.11. The van der Waals surface area contributed by atoms with E-state index in [0.29, 0.717) is 0 Å². The van der Waals surface area contributed by atoms with Gasteiger partial charge in [-0.3, -0.25) is 10.1 Å². The first-order valence-corrected chi connectivity index (χ1v) is 5.01. The third-order valence-electron chi connectivity index (χ3n) is 1.84. The summed E-state index contributed by atoms with van der Waals surface area (Å²) in [5.74, 6) is -0.816. The molecule has 1 unspecified atom stereocenters. The molecule has 72 valence electrons. The molecule has 1 aromatic rings. The van der Waals surface area contributed by atoms with Crippen LogP contribution < -0.4 is 5.32 Å². The van der Waals surface area contributed by atoms with E-state index in [-0.39, 0.29) is 6.04 Å². The molecule has 1 heterocycles. The first-order valence-electron chi connectivity index (χ1n) is 4.13.